The highest BCUT2D eigenvalue weighted by molar-refractivity contribution is 6.31. The van der Waals surface area contributed by atoms with Gasteiger partial charge in [0.05, 0.1) is 0 Å². The smallest absolute Gasteiger partial charge is 0.127 e. The Morgan fingerprint density at radius 2 is 1.89 bits per heavy atom. The minimum atomic E-state index is -0.211. The van der Waals surface area contributed by atoms with Crippen LogP contribution < -0.4 is 5.32 Å². The molecule has 0 saturated heterocycles. The monoisotopic (exact) mass is 281 g/mol. The first-order chi connectivity index (χ1) is 9.13. The van der Waals surface area contributed by atoms with Gasteiger partial charge in [-0.15, -0.1) is 0 Å². The highest BCUT2D eigenvalue weighted by atomic mass is 35.5. The van der Waals surface area contributed by atoms with Crippen LogP contribution in [0.1, 0.15) is 42.9 Å². The Morgan fingerprint density at radius 3 is 2.47 bits per heavy atom. The molecule has 3 heteroatoms. The number of rotatable bonds is 3. The van der Waals surface area contributed by atoms with Crippen LogP contribution in [-0.4, -0.2) is 7.05 Å². The molecular formula is C16H21ClFN. The van der Waals surface area contributed by atoms with E-state index in [0.29, 0.717) is 16.5 Å². The quantitative estimate of drug-likeness (QED) is 0.861. The van der Waals surface area contributed by atoms with Gasteiger partial charge in [0.25, 0.3) is 0 Å². The lowest BCUT2D eigenvalue weighted by Gasteiger charge is -2.19. The average Bonchev–Trinajstić information content (AvgIpc) is 3.11. The summed E-state index contributed by atoms with van der Waals surface area (Å²) in [5.74, 6) is 2.19. The van der Waals surface area contributed by atoms with Gasteiger partial charge in [0.1, 0.15) is 5.82 Å². The van der Waals surface area contributed by atoms with Gasteiger partial charge in [-0.25, -0.2) is 4.39 Å². The minimum absolute atomic E-state index is 0.211. The van der Waals surface area contributed by atoms with Crippen LogP contribution in [0, 0.1) is 30.5 Å². The first-order valence-electron chi connectivity index (χ1n) is 7.26. The van der Waals surface area contributed by atoms with Crippen LogP contribution in [0.4, 0.5) is 4.39 Å². The molecule has 0 aromatic heterocycles. The molecule has 2 saturated carbocycles. The first-order valence-corrected chi connectivity index (χ1v) is 7.64. The molecule has 0 aliphatic heterocycles. The second-order valence-corrected chi connectivity index (χ2v) is 6.49. The van der Waals surface area contributed by atoms with Gasteiger partial charge in [0, 0.05) is 11.1 Å². The molecule has 3 rings (SSSR count). The van der Waals surface area contributed by atoms with Crippen LogP contribution in [0.3, 0.4) is 0 Å². The van der Waals surface area contributed by atoms with Crippen molar-refractivity contribution in [2.24, 2.45) is 17.8 Å². The zero-order chi connectivity index (χ0) is 13.6. The summed E-state index contributed by atoms with van der Waals surface area (Å²) >= 11 is 6.26. The van der Waals surface area contributed by atoms with E-state index in [2.05, 4.69) is 5.32 Å². The topological polar surface area (TPSA) is 12.0 Å². The van der Waals surface area contributed by atoms with Crippen LogP contribution in [-0.2, 0) is 0 Å². The van der Waals surface area contributed by atoms with Gasteiger partial charge in [0.15, 0.2) is 0 Å². The lowest BCUT2D eigenvalue weighted by molar-refractivity contribution is 0.480. The molecule has 0 radical (unpaired) electrons. The number of fused-ring (bicyclic) bond motifs is 1. The average molecular weight is 282 g/mol. The zero-order valence-electron chi connectivity index (χ0n) is 11.5. The van der Waals surface area contributed by atoms with Crippen molar-refractivity contribution in [3.05, 3.63) is 34.1 Å². The Balaban J connectivity index is 1.89. The van der Waals surface area contributed by atoms with Gasteiger partial charge in [0.2, 0.25) is 0 Å². The highest BCUT2D eigenvalue weighted by Crippen LogP contribution is 2.60. The number of hydrogen-bond acceptors (Lipinski definition) is 1. The lowest BCUT2D eigenvalue weighted by Crippen LogP contribution is -2.20. The fourth-order valence-corrected chi connectivity index (χ4v) is 4.28. The third kappa shape index (κ3) is 2.30. The number of halogens is 2. The molecule has 3 atom stereocenters. The molecule has 0 amide bonds. The van der Waals surface area contributed by atoms with Crippen LogP contribution in [0.5, 0.6) is 0 Å². The van der Waals surface area contributed by atoms with Crippen molar-refractivity contribution in [2.75, 3.05) is 7.05 Å². The molecule has 0 spiro atoms. The number of benzene rings is 1. The molecule has 2 fully saturated rings. The maximum absolute atomic E-state index is 13.5. The fraction of sp³-hybridized carbons (Fsp3) is 0.625. The molecule has 2 aliphatic rings. The molecule has 1 aromatic rings. The lowest BCUT2D eigenvalue weighted by atomic mass is 9.98. The van der Waals surface area contributed by atoms with Crippen molar-refractivity contribution in [1.29, 1.82) is 0 Å². The molecule has 0 heterocycles. The van der Waals surface area contributed by atoms with Crippen molar-refractivity contribution >= 4 is 11.6 Å². The van der Waals surface area contributed by atoms with Crippen LogP contribution in [0.2, 0.25) is 5.02 Å². The molecule has 1 nitrogen and oxygen atoms in total. The zero-order valence-corrected chi connectivity index (χ0v) is 12.3. The summed E-state index contributed by atoms with van der Waals surface area (Å²) in [6.45, 7) is 1.81. The standard InChI is InChI=1S/C16H21ClFN/c1-9-7-12(13(17)8-14(9)18)16(19-2)15-10-5-3-4-6-11(10)15/h7-8,10-11,15-16,19H,3-6H2,1-2H3. The molecular weight excluding hydrogens is 261 g/mol. The Bertz CT molecular complexity index is 476. The molecule has 0 bridgehead atoms. The fourth-order valence-electron chi connectivity index (χ4n) is 4.02. The maximum atomic E-state index is 13.5. The van der Waals surface area contributed by atoms with E-state index in [9.17, 15) is 4.39 Å². The molecule has 104 valence electrons. The van der Waals surface area contributed by atoms with E-state index in [1.165, 1.54) is 31.7 Å². The van der Waals surface area contributed by atoms with Crippen molar-refractivity contribution in [3.8, 4) is 0 Å². The first kappa shape index (κ1) is 13.4. The van der Waals surface area contributed by atoms with Gasteiger partial charge in [-0.2, -0.15) is 0 Å². The van der Waals surface area contributed by atoms with Gasteiger partial charge < -0.3 is 5.32 Å². The SMILES string of the molecule is CNC(c1cc(C)c(F)cc1Cl)C1C2CCCCC21. The normalized spacial score (nSPS) is 30.8. The predicted octanol–water partition coefficient (Wildman–Crippen LogP) is 4.48. The highest BCUT2D eigenvalue weighted by Gasteiger charge is 2.54. The summed E-state index contributed by atoms with van der Waals surface area (Å²) in [4.78, 5) is 0. The molecule has 1 N–H and O–H groups in total. The van der Waals surface area contributed by atoms with E-state index in [-0.39, 0.29) is 11.9 Å². The number of hydrogen-bond donors (Lipinski definition) is 1. The van der Waals surface area contributed by atoms with E-state index in [1.807, 2.05) is 20.0 Å². The number of nitrogens with one attached hydrogen (secondary N) is 1. The number of aryl methyl sites for hydroxylation is 1. The van der Waals surface area contributed by atoms with Gasteiger partial charge in [-0.1, -0.05) is 30.5 Å². The van der Waals surface area contributed by atoms with E-state index in [1.54, 1.807) is 0 Å². The molecule has 19 heavy (non-hydrogen) atoms. The second-order valence-electron chi connectivity index (χ2n) is 6.08. The van der Waals surface area contributed by atoms with E-state index in [0.717, 1.165) is 17.4 Å². The Hall–Kier alpha value is -0.600. The van der Waals surface area contributed by atoms with Gasteiger partial charge >= 0.3 is 0 Å². The Labute approximate surface area is 119 Å². The molecule has 2 aliphatic carbocycles. The third-order valence-corrected chi connectivity index (χ3v) is 5.36. The molecule has 1 aromatic carbocycles. The summed E-state index contributed by atoms with van der Waals surface area (Å²) in [7, 11) is 1.99. The van der Waals surface area contributed by atoms with Crippen molar-refractivity contribution in [2.45, 2.75) is 38.6 Å². The Morgan fingerprint density at radius 1 is 1.26 bits per heavy atom. The minimum Gasteiger partial charge on any atom is -0.313 e. The van der Waals surface area contributed by atoms with Crippen molar-refractivity contribution in [1.82, 2.24) is 5.32 Å². The summed E-state index contributed by atoms with van der Waals surface area (Å²) in [6, 6.07) is 3.66. The molecule has 3 unspecified atom stereocenters. The van der Waals surface area contributed by atoms with E-state index in [4.69, 9.17) is 11.6 Å². The van der Waals surface area contributed by atoms with E-state index >= 15 is 0 Å². The predicted molar refractivity (Wildman–Crippen MR) is 76.9 cm³/mol. The Kier molecular flexibility index (Phi) is 3.57. The van der Waals surface area contributed by atoms with E-state index < -0.39 is 0 Å². The summed E-state index contributed by atoms with van der Waals surface area (Å²) in [5.41, 5.74) is 1.76. The second kappa shape index (κ2) is 5.06. The van der Waals surface area contributed by atoms with Crippen LogP contribution >= 0.6 is 11.6 Å². The van der Waals surface area contributed by atoms with Gasteiger partial charge in [-0.3, -0.25) is 0 Å². The van der Waals surface area contributed by atoms with Crippen LogP contribution in [0.15, 0.2) is 12.1 Å². The maximum Gasteiger partial charge on any atom is 0.127 e. The van der Waals surface area contributed by atoms with Crippen LogP contribution in [0.25, 0.3) is 0 Å². The largest absolute Gasteiger partial charge is 0.313 e. The van der Waals surface area contributed by atoms with Crippen molar-refractivity contribution < 1.29 is 4.39 Å². The third-order valence-electron chi connectivity index (χ3n) is 5.03. The summed E-state index contributed by atoms with van der Waals surface area (Å²) in [5, 5.41) is 3.98. The summed E-state index contributed by atoms with van der Waals surface area (Å²) in [6.07, 6.45) is 5.44. The summed E-state index contributed by atoms with van der Waals surface area (Å²) < 4.78 is 13.5. The van der Waals surface area contributed by atoms with Gasteiger partial charge in [-0.05, 0) is 61.8 Å². The van der Waals surface area contributed by atoms with Crippen molar-refractivity contribution in [3.63, 3.8) is 0 Å².